The van der Waals surface area contributed by atoms with Crippen LogP contribution >= 0.6 is 15.8 Å². The highest BCUT2D eigenvalue weighted by molar-refractivity contribution is 7.57. The highest BCUT2D eigenvalue weighted by Gasteiger charge is 1.94. The van der Waals surface area contributed by atoms with Crippen LogP contribution in [-0.4, -0.2) is 39.0 Å². The Hall–Kier alpha value is -0.160. The van der Waals surface area contributed by atoms with E-state index in [9.17, 15) is 0 Å². The average Bonchev–Trinajstić information content (AvgIpc) is 2.05. The van der Waals surface area contributed by atoms with Crippen LogP contribution in [0.2, 0.25) is 0 Å². The first kappa shape index (κ1) is 20.3. The monoisotopic (exact) mass is 246 g/mol. The molecule has 0 rings (SSSR count). The van der Waals surface area contributed by atoms with Crippen molar-refractivity contribution in [3.63, 3.8) is 0 Å². The van der Waals surface area contributed by atoms with E-state index in [2.05, 4.69) is 26.7 Å². The van der Waals surface area contributed by atoms with Crippen LogP contribution in [0.1, 0.15) is 20.3 Å². The molecular weight excluding hydrogens is 222 g/mol. The molecule has 0 saturated heterocycles. The molecule has 0 fully saturated rings. The van der Waals surface area contributed by atoms with Crippen molar-refractivity contribution in [3.8, 4) is 12.1 Å². The molecule has 2 nitrogen and oxygen atoms in total. The summed E-state index contributed by atoms with van der Waals surface area (Å²) < 4.78 is 0. The zero-order valence-corrected chi connectivity index (χ0v) is 12.7. The molecule has 0 aliphatic rings. The molecule has 0 N–H and O–H groups in total. The smallest absolute Gasteiger partial charge is 0.0587 e. The standard InChI is InChI=1S/C7H18P2.2C2H3N/c1-8(2)6-5-7-9(3)4;2*1-2-3/h5-7H2,1-4H3;2*1H3. The van der Waals surface area contributed by atoms with Gasteiger partial charge in [-0.1, -0.05) is 0 Å². The van der Waals surface area contributed by atoms with Crippen molar-refractivity contribution < 1.29 is 0 Å². The lowest BCUT2D eigenvalue weighted by molar-refractivity contribution is 1.11. The molecule has 0 amide bonds. The zero-order chi connectivity index (χ0) is 12.7. The maximum Gasteiger partial charge on any atom is 0.0587 e. The van der Waals surface area contributed by atoms with Gasteiger partial charge in [-0.25, -0.2) is 0 Å². The van der Waals surface area contributed by atoms with Gasteiger partial charge < -0.3 is 0 Å². The van der Waals surface area contributed by atoms with Crippen LogP contribution in [0, 0.1) is 22.7 Å². The first-order chi connectivity index (χ1) is 6.95. The fourth-order valence-corrected chi connectivity index (χ4v) is 2.53. The fraction of sp³-hybridized carbons (Fsp3) is 0.818. The highest BCUT2D eigenvalue weighted by atomic mass is 31.1. The van der Waals surface area contributed by atoms with E-state index >= 15 is 0 Å². The average molecular weight is 246 g/mol. The maximum absolute atomic E-state index is 7.32. The van der Waals surface area contributed by atoms with Gasteiger partial charge >= 0.3 is 0 Å². The van der Waals surface area contributed by atoms with Gasteiger partial charge in [0.05, 0.1) is 12.1 Å². The molecule has 0 aromatic carbocycles. The lowest BCUT2D eigenvalue weighted by Crippen LogP contribution is -1.86. The van der Waals surface area contributed by atoms with Crippen molar-refractivity contribution in [2.24, 2.45) is 0 Å². The quantitative estimate of drug-likeness (QED) is 0.706. The van der Waals surface area contributed by atoms with Gasteiger partial charge in [0.2, 0.25) is 0 Å². The SMILES string of the molecule is CC#N.CC#N.CP(C)CCCP(C)C. The largest absolute Gasteiger partial charge is 0.199 e. The number of hydrogen-bond donors (Lipinski definition) is 0. The predicted octanol–water partition coefficient (Wildman–Crippen LogP) is 3.92. The van der Waals surface area contributed by atoms with Gasteiger partial charge in [-0.2, -0.15) is 10.5 Å². The summed E-state index contributed by atoms with van der Waals surface area (Å²) in [7, 11) is 0.758. The van der Waals surface area contributed by atoms with Gasteiger partial charge in [-0.3, -0.25) is 0 Å². The van der Waals surface area contributed by atoms with Crippen LogP contribution in [0.4, 0.5) is 0 Å². The lowest BCUT2D eigenvalue weighted by Gasteiger charge is -2.06. The molecule has 0 spiro atoms. The third-order valence-corrected chi connectivity index (χ3v) is 3.63. The van der Waals surface area contributed by atoms with E-state index < -0.39 is 0 Å². The second kappa shape index (κ2) is 19.4. The Morgan fingerprint density at radius 3 is 1.13 bits per heavy atom. The summed E-state index contributed by atoms with van der Waals surface area (Å²) in [5.41, 5.74) is 0. The molecule has 0 aliphatic heterocycles. The van der Waals surface area contributed by atoms with E-state index in [0.717, 1.165) is 0 Å². The molecule has 4 heteroatoms. The molecular formula is C11H24N2P2. The summed E-state index contributed by atoms with van der Waals surface area (Å²) in [6.07, 6.45) is 4.43. The van der Waals surface area contributed by atoms with Gasteiger partial charge in [0, 0.05) is 13.8 Å². The van der Waals surface area contributed by atoms with Crippen molar-refractivity contribution in [2.45, 2.75) is 20.3 Å². The topological polar surface area (TPSA) is 47.6 Å². The lowest BCUT2D eigenvalue weighted by atomic mass is 10.6. The minimum atomic E-state index is 0.379. The third kappa shape index (κ3) is 56.9. The van der Waals surface area contributed by atoms with Gasteiger partial charge in [0.1, 0.15) is 0 Å². The number of rotatable bonds is 4. The Morgan fingerprint density at radius 2 is 1.00 bits per heavy atom. The van der Waals surface area contributed by atoms with Gasteiger partial charge in [0.25, 0.3) is 0 Å². The minimum absolute atomic E-state index is 0.379. The van der Waals surface area contributed by atoms with Crippen molar-refractivity contribution in [2.75, 3.05) is 39.0 Å². The molecule has 0 unspecified atom stereocenters. The van der Waals surface area contributed by atoms with Gasteiger partial charge in [0.15, 0.2) is 0 Å². The summed E-state index contributed by atoms with van der Waals surface area (Å²) in [6.45, 7) is 12.3. The highest BCUT2D eigenvalue weighted by Crippen LogP contribution is 2.30. The van der Waals surface area contributed by atoms with E-state index in [1.807, 2.05) is 0 Å². The molecule has 0 radical (unpaired) electrons. The molecule has 0 aromatic heterocycles. The molecule has 0 aromatic rings. The van der Waals surface area contributed by atoms with E-state index in [1.165, 1.54) is 32.6 Å². The Balaban J connectivity index is -0.000000200. The van der Waals surface area contributed by atoms with Crippen LogP contribution in [0.5, 0.6) is 0 Å². The van der Waals surface area contributed by atoms with Crippen molar-refractivity contribution in [3.05, 3.63) is 0 Å². The van der Waals surface area contributed by atoms with Crippen molar-refractivity contribution >= 4 is 15.8 Å². The molecule has 0 bridgehead atoms. The maximum atomic E-state index is 7.32. The first-order valence-corrected chi connectivity index (χ1v) is 9.71. The molecule has 0 heterocycles. The van der Waals surface area contributed by atoms with Crippen LogP contribution in [0.15, 0.2) is 0 Å². The Morgan fingerprint density at radius 1 is 0.800 bits per heavy atom. The second-order valence-corrected chi connectivity index (χ2v) is 8.62. The van der Waals surface area contributed by atoms with Gasteiger partial charge in [-0.05, 0) is 45.4 Å². The molecule has 88 valence electrons. The molecule has 0 saturated carbocycles. The third-order valence-electron chi connectivity index (χ3n) is 1.21. The van der Waals surface area contributed by atoms with Crippen LogP contribution < -0.4 is 0 Å². The Labute approximate surface area is 98.2 Å². The van der Waals surface area contributed by atoms with Crippen LogP contribution in [0.25, 0.3) is 0 Å². The first-order valence-electron chi connectivity index (χ1n) is 4.87. The second-order valence-electron chi connectivity index (χ2n) is 3.41. The zero-order valence-electron chi connectivity index (χ0n) is 10.9. The number of nitriles is 2. The van der Waals surface area contributed by atoms with E-state index in [0.29, 0.717) is 15.8 Å². The Kier molecular flexibility index (Phi) is 26.2. The molecule has 0 atom stereocenters. The normalized spacial score (nSPS) is 7.87. The van der Waals surface area contributed by atoms with Crippen LogP contribution in [-0.2, 0) is 0 Å². The summed E-state index contributed by atoms with van der Waals surface area (Å²) in [5, 5.41) is 14.6. The Bertz CT molecular complexity index is 158. The predicted molar refractivity (Wildman–Crippen MR) is 74.5 cm³/mol. The van der Waals surface area contributed by atoms with E-state index in [-0.39, 0.29) is 0 Å². The molecule has 15 heavy (non-hydrogen) atoms. The molecule has 0 aliphatic carbocycles. The fourth-order valence-electron chi connectivity index (χ4n) is 0.703. The van der Waals surface area contributed by atoms with Crippen molar-refractivity contribution in [1.29, 1.82) is 10.5 Å². The number of hydrogen-bond acceptors (Lipinski definition) is 2. The summed E-state index contributed by atoms with van der Waals surface area (Å²) in [4.78, 5) is 0. The summed E-state index contributed by atoms with van der Waals surface area (Å²) in [6, 6.07) is 3.50. The van der Waals surface area contributed by atoms with Crippen molar-refractivity contribution in [1.82, 2.24) is 0 Å². The minimum Gasteiger partial charge on any atom is -0.199 e. The van der Waals surface area contributed by atoms with Crippen LogP contribution in [0.3, 0.4) is 0 Å². The van der Waals surface area contributed by atoms with E-state index in [4.69, 9.17) is 10.5 Å². The summed E-state index contributed by atoms with van der Waals surface area (Å²) >= 11 is 0. The summed E-state index contributed by atoms with van der Waals surface area (Å²) in [5.74, 6) is 0. The number of nitrogens with zero attached hydrogens (tertiary/aromatic N) is 2. The van der Waals surface area contributed by atoms with E-state index in [1.54, 1.807) is 12.1 Å². The van der Waals surface area contributed by atoms with Gasteiger partial charge in [-0.15, -0.1) is 15.8 Å².